The number of aliphatic hydroxyl groups is 3. The highest BCUT2D eigenvalue weighted by Gasteiger charge is 2.56. The third kappa shape index (κ3) is 9.19. The number of piperidine rings is 2. The van der Waals surface area contributed by atoms with Gasteiger partial charge in [-0.15, -0.1) is 11.3 Å². The van der Waals surface area contributed by atoms with E-state index in [1.807, 2.05) is 0 Å². The van der Waals surface area contributed by atoms with Gasteiger partial charge in [0.1, 0.15) is 10.6 Å². The normalized spacial score (nSPS) is 20.5. The summed E-state index contributed by atoms with van der Waals surface area (Å²) < 4.78 is 95.5. The van der Waals surface area contributed by atoms with Gasteiger partial charge in [-0.3, -0.25) is 14.6 Å². The molecule has 3 aromatic rings. The molecule has 2 atom stereocenters. The van der Waals surface area contributed by atoms with Crippen LogP contribution in [0, 0.1) is 17.5 Å². The maximum atomic E-state index is 14.9. The quantitative estimate of drug-likeness (QED) is 0.0955. The second kappa shape index (κ2) is 16.8. The number of alkyl halides is 6. The van der Waals surface area contributed by atoms with Crippen molar-refractivity contribution in [2.75, 3.05) is 26.2 Å². The Kier molecular flexibility index (Phi) is 12.9. The molecule has 2 saturated heterocycles. The summed E-state index contributed by atoms with van der Waals surface area (Å²) in [6.07, 6.45) is -8.09. The van der Waals surface area contributed by atoms with Crippen molar-refractivity contribution in [2.45, 2.75) is 108 Å². The van der Waals surface area contributed by atoms with Gasteiger partial charge in [-0.2, -0.15) is 26.3 Å². The fraction of sp³-hybridized carbons (Fsp3) is 0.564. The van der Waals surface area contributed by atoms with E-state index in [4.69, 9.17) is 9.47 Å². The molecule has 0 unspecified atom stereocenters. The number of aromatic nitrogens is 1. The Morgan fingerprint density at radius 3 is 2.41 bits per heavy atom. The number of aliphatic hydroxyl groups excluding tert-OH is 1. The largest absolute Gasteiger partial charge is 0.485 e. The van der Waals surface area contributed by atoms with Gasteiger partial charge in [0, 0.05) is 60.9 Å². The number of amides is 2. The van der Waals surface area contributed by atoms with Crippen molar-refractivity contribution in [3.63, 3.8) is 0 Å². The van der Waals surface area contributed by atoms with Crippen LogP contribution in [-0.4, -0.2) is 86.1 Å². The lowest BCUT2D eigenvalue weighted by Gasteiger charge is -2.51. The van der Waals surface area contributed by atoms with Crippen molar-refractivity contribution in [2.24, 2.45) is 5.41 Å². The highest BCUT2D eigenvalue weighted by atomic mass is 32.1. The van der Waals surface area contributed by atoms with E-state index in [9.17, 15) is 51.3 Å². The van der Waals surface area contributed by atoms with E-state index in [1.165, 1.54) is 4.90 Å². The van der Waals surface area contributed by atoms with Gasteiger partial charge < -0.3 is 34.6 Å². The minimum Gasteiger partial charge on any atom is -0.485 e. The van der Waals surface area contributed by atoms with Gasteiger partial charge in [-0.05, 0) is 62.8 Å². The van der Waals surface area contributed by atoms with E-state index in [1.54, 1.807) is 32.9 Å². The van der Waals surface area contributed by atoms with Crippen LogP contribution in [0.1, 0.15) is 98.5 Å². The molecule has 0 bridgehead atoms. The first kappa shape index (κ1) is 43.0. The van der Waals surface area contributed by atoms with Crippen molar-refractivity contribution in [1.29, 1.82) is 0 Å². The number of likely N-dealkylation sites (tertiary alicyclic amines) is 2. The highest BCUT2D eigenvalue weighted by Crippen LogP contribution is 2.44. The number of hydrogen-bond donors (Lipinski definition) is 3. The van der Waals surface area contributed by atoms with Crippen molar-refractivity contribution >= 4 is 23.2 Å². The Morgan fingerprint density at radius 1 is 1.07 bits per heavy atom. The number of carbonyl (C=O) groups excluding carboxylic acids is 2. The average Bonchev–Trinajstić information content (AvgIpc) is 3.63. The van der Waals surface area contributed by atoms with E-state index in [0.717, 1.165) is 28.7 Å². The van der Waals surface area contributed by atoms with Crippen molar-refractivity contribution in [3.8, 4) is 11.5 Å². The Bertz CT molecular complexity index is 1830. The van der Waals surface area contributed by atoms with Gasteiger partial charge in [0.05, 0.1) is 29.4 Å². The molecular weight excluding hydrogens is 768 g/mol. The third-order valence-electron chi connectivity index (χ3n) is 10.6. The summed E-state index contributed by atoms with van der Waals surface area (Å²) in [6, 6.07) is 9.12. The molecular formula is C39H45F6N3O7S. The molecule has 0 saturated carbocycles. The zero-order chi connectivity index (χ0) is 41.1. The van der Waals surface area contributed by atoms with Crippen molar-refractivity contribution in [3.05, 3.63) is 75.7 Å². The third-order valence-corrected chi connectivity index (χ3v) is 11.6. The molecule has 4 heterocycles. The predicted octanol–water partition coefficient (Wildman–Crippen LogP) is 7.01. The van der Waals surface area contributed by atoms with Crippen LogP contribution in [-0.2, 0) is 22.7 Å². The van der Waals surface area contributed by atoms with Gasteiger partial charge in [0.15, 0.2) is 12.0 Å². The summed E-state index contributed by atoms with van der Waals surface area (Å²) in [7, 11) is 0. The number of carbonyl (C=O) groups is 2. The van der Waals surface area contributed by atoms with Crippen LogP contribution in [0.25, 0.3) is 0 Å². The number of rotatable bonds is 13. The maximum Gasteiger partial charge on any atom is 0.425 e. The molecule has 2 aliphatic rings. The molecule has 10 nitrogen and oxygen atoms in total. The van der Waals surface area contributed by atoms with E-state index in [-0.39, 0.29) is 69.8 Å². The molecule has 2 aliphatic heterocycles. The summed E-state index contributed by atoms with van der Waals surface area (Å²) in [5.41, 5.74) is -5.83. The number of thiophene rings is 1. The maximum absolute atomic E-state index is 14.9. The molecule has 2 amide bonds. The lowest BCUT2D eigenvalue weighted by atomic mass is 9.78. The minimum atomic E-state index is -4.90. The van der Waals surface area contributed by atoms with Crippen LogP contribution in [0.5, 0.6) is 11.5 Å². The van der Waals surface area contributed by atoms with E-state index in [2.05, 4.69) is 17.1 Å². The van der Waals surface area contributed by atoms with Crippen molar-refractivity contribution in [1.82, 2.24) is 14.8 Å². The fourth-order valence-electron chi connectivity index (χ4n) is 7.41. The van der Waals surface area contributed by atoms with Gasteiger partial charge in [0.25, 0.3) is 11.8 Å². The van der Waals surface area contributed by atoms with Crippen LogP contribution >= 0.6 is 11.3 Å². The first-order chi connectivity index (χ1) is 26.2. The van der Waals surface area contributed by atoms with Gasteiger partial charge in [0.2, 0.25) is 5.60 Å². The molecule has 2 aromatic heterocycles. The van der Waals surface area contributed by atoms with E-state index >= 15 is 0 Å². The second-order valence-electron chi connectivity index (χ2n) is 14.9. The molecule has 56 heavy (non-hydrogen) atoms. The highest BCUT2D eigenvalue weighted by molar-refractivity contribution is 7.10. The van der Waals surface area contributed by atoms with Crippen LogP contribution in [0.15, 0.2) is 42.0 Å². The van der Waals surface area contributed by atoms with Crippen LogP contribution in [0.3, 0.4) is 0 Å². The molecule has 3 N–H and O–H groups in total. The zero-order valence-electron chi connectivity index (χ0n) is 31.2. The lowest BCUT2D eigenvalue weighted by molar-refractivity contribution is -0.163. The molecule has 2 fully saturated rings. The minimum absolute atomic E-state index is 0.00480. The first-order valence-corrected chi connectivity index (χ1v) is 19.2. The lowest BCUT2D eigenvalue weighted by Crippen LogP contribution is -2.68. The number of halogens is 6. The molecule has 1 aromatic carbocycles. The molecule has 306 valence electrons. The van der Waals surface area contributed by atoms with Crippen LogP contribution in [0.2, 0.25) is 0 Å². The SMILES string of the molecule is CCC[C@H]1N(C(=O)c2cnccc2C(F)(F)F)CCC[C@@]1(Oc1csc(C(F)(F)F)c1)C(=O)N1CCC(O)(c2ccc#cc2OCCCC(C)(C)C(O)O)CC1. The van der Waals surface area contributed by atoms with Crippen molar-refractivity contribution < 1.29 is 60.7 Å². The topological polar surface area (TPSA) is 133 Å². The number of ether oxygens (including phenoxy) is 2. The van der Waals surface area contributed by atoms with Gasteiger partial charge in [-0.25, -0.2) is 0 Å². The summed E-state index contributed by atoms with van der Waals surface area (Å²) in [5, 5.41) is 32.3. The van der Waals surface area contributed by atoms with Crippen LogP contribution in [0.4, 0.5) is 26.3 Å². The zero-order valence-corrected chi connectivity index (χ0v) is 32.0. The molecule has 0 aliphatic carbocycles. The number of pyridine rings is 1. The Morgan fingerprint density at radius 2 is 1.79 bits per heavy atom. The Labute approximate surface area is 325 Å². The van der Waals surface area contributed by atoms with Gasteiger partial charge >= 0.3 is 12.4 Å². The monoisotopic (exact) mass is 813 g/mol. The first-order valence-electron chi connectivity index (χ1n) is 18.3. The van der Waals surface area contributed by atoms with E-state index in [0.29, 0.717) is 42.2 Å². The Balaban J connectivity index is 1.44. The summed E-state index contributed by atoms with van der Waals surface area (Å²) in [5.74, 6) is -1.75. The second-order valence-corrected chi connectivity index (χ2v) is 15.9. The predicted molar refractivity (Wildman–Crippen MR) is 191 cm³/mol. The Hall–Kier alpha value is -4.11. The van der Waals surface area contributed by atoms with Crippen LogP contribution < -0.4 is 9.47 Å². The summed E-state index contributed by atoms with van der Waals surface area (Å²) in [6.45, 7) is 5.18. The molecule has 0 radical (unpaired) electrons. The smallest absolute Gasteiger partial charge is 0.425 e. The summed E-state index contributed by atoms with van der Waals surface area (Å²) in [4.78, 5) is 34.3. The molecule has 17 heteroatoms. The van der Waals surface area contributed by atoms with Gasteiger partial charge in [-0.1, -0.05) is 33.3 Å². The van der Waals surface area contributed by atoms with E-state index < -0.39 is 69.1 Å². The number of hydrogen-bond acceptors (Lipinski definition) is 9. The standard InChI is InChI=1S/C39H45F6N3O7S/c1-4-9-30-37(55-25-22-31(56-24-25)39(43,44)45,14-7-18-48(30)32(49)26-23-46-17-12-27(26)38(40,41)42)33(50)47-19-15-36(53,16-20-47)28-10-5-6-11-29(28)54-21-8-13-35(2,3)34(51)52/h5,10,12,17,22-24,30,34,51-53H,4,7-9,13-16,18-21H2,1-3H3/t30-,37+/m1/s1. The molecule has 5 rings (SSSR count). The molecule has 0 spiro atoms. The summed E-state index contributed by atoms with van der Waals surface area (Å²) >= 11 is 0.361. The average molecular weight is 814 g/mol. The fourth-order valence-corrected chi connectivity index (χ4v) is 8.08. The number of nitrogens with zero attached hydrogens (tertiary/aromatic N) is 3.